The number of ether oxygens (including phenoxy) is 2. The lowest BCUT2D eigenvalue weighted by atomic mass is 10.2. The van der Waals surface area contributed by atoms with Gasteiger partial charge >= 0.3 is 11.8 Å². The molecule has 0 saturated heterocycles. The molecule has 0 fully saturated rings. The summed E-state index contributed by atoms with van der Waals surface area (Å²) < 4.78 is 10.7. The first-order chi connectivity index (χ1) is 13.6. The molecule has 28 heavy (non-hydrogen) atoms. The topological polar surface area (TPSA) is 76.7 Å². The zero-order chi connectivity index (χ0) is 19.8. The molecule has 0 saturated carbocycles. The lowest BCUT2D eigenvalue weighted by molar-refractivity contribution is -0.132. The Labute approximate surface area is 163 Å². The van der Waals surface area contributed by atoms with Crippen molar-refractivity contribution in [3.8, 4) is 11.5 Å². The second kappa shape index (κ2) is 9.23. The Kier molecular flexibility index (Phi) is 6.25. The smallest absolute Gasteiger partial charge is 0.314 e. The van der Waals surface area contributed by atoms with E-state index in [4.69, 9.17) is 9.47 Å². The lowest BCUT2D eigenvalue weighted by Gasteiger charge is -2.09. The van der Waals surface area contributed by atoms with Crippen molar-refractivity contribution in [2.45, 2.75) is 6.61 Å². The van der Waals surface area contributed by atoms with E-state index in [9.17, 15) is 9.59 Å². The zero-order valence-electron chi connectivity index (χ0n) is 15.3. The van der Waals surface area contributed by atoms with E-state index in [1.807, 2.05) is 30.3 Å². The number of nitrogens with one attached hydrogen (secondary N) is 2. The predicted molar refractivity (Wildman–Crippen MR) is 107 cm³/mol. The highest BCUT2D eigenvalue weighted by atomic mass is 16.5. The summed E-state index contributed by atoms with van der Waals surface area (Å²) in [7, 11) is 1.55. The van der Waals surface area contributed by atoms with E-state index >= 15 is 0 Å². The highest BCUT2D eigenvalue weighted by Crippen LogP contribution is 2.18. The van der Waals surface area contributed by atoms with Gasteiger partial charge in [-0.25, -0.2) is 0 Å². The number of carbonyl (C=O) groups excluding carboxylic acids is 2. The molecular weight excluding hydrogens is 356 g/mol. The Morgan fingerprint density at radius 2 is 1.21 bits per heavy atom. The standard InChI is InChI=1S/C22H20N2O4/c1-27-19-11-7-17(8-12-19)23-21(25)22(26)24-18-9-13-20(14-10-18)28-15-16-5-3-2-4-6-16/h2-14H,15H2,1H3,(H,23,25)(H,24,26). The molecular formula is C22H20N2O4. The number of amides is 2. The summed E-state index contributed by atoms with van der Waals surface area (Å²) in [5.74, 6) is -0.176. The van der Waals surface area contributed by atoms with Gasteiger partial charge in [0.05, 0.1) is 7.11 Å². The zero-order valence-corrected chi connectivity index (χ0v) is 15.3. The second-order valence-electron chi connectivity index (χ2n) is 5.94. The van der Waals surface area contributed by atoms with Gasteiger partial charge in [0.15, 0.2) is 0 Å². The summed E-state index contributed by atoms with van der Waals surface area (Å²) in [5, 5.41) is 5.09. The van der Waals surface area contributed by atoms with E-state index in [1.165, 1.54) is 0 Å². The molecule has 2 N–H and O–H groups in total. The third-order valence-corrected chi connectivity index (χ3v) is 3.91. The first-order valence-electron chi connectivity index (χ1n) is 8.67. The number of hydrogen-bond acceptors (Lipinski definition) is 4. The fourth-order valence-electron chi connectivity index (χ4n) is 2.43. The van der Waals surface area contributed by atoms with Crippen LogP contribution in [-0.4, -0.2) is 18.9 Å². The predicted octanol–water partition coefficient (Wildman–Crippen LogP) is 3.85. The van der Waals surface area contributed by atoms with Crippen molar-refractivity contribution in [3.05, 3.63) is 84.4 Å². The molecule has 0 bridgehead atoms. The Morgan fingerprint density at radius 1 is 0.714 bits per heavy atom. The van der Waals surface area contributed by atoms with Crippen LogP contribution >= 0.6 is 0 Å². The van der Waals surface area contributed by atoms with Crippen molar-refractivity contribution in [2.75, 3.05) is 17.7 Å². The highest BCUT2D eigenvalue weighted by Gasteiger charge is 2.14. The monoisotopic (exact) mass is 376 g/mol. The van der Waals surface area contributed by atoms with Gasteiger partial charge in [0.1, 0.15) is 18.1 Å². The van der Waals surface area contributed by atoms with Gasteiger partial charge in [0.2, 0.25) is 0 Å². The van der Waals surface area contributed by atoms with Gasteiger partial charge in [0.25, 0.3) is 0 Å². The van der Waals surface area contributed by atoms with Crippen LogP contribution in [-0.2, 0) is 16.2 Å². The minimum Gasteiger partial charge on any atom is -0.497 e. The van der Waals surface area contributed by atoms with E-state index in [1.54, 1.807) is 55.6 Å². The van der Waals surface area contributed by atoms with Crippen LogP contribution in [0.15, 0.2) is 78.9 Å². The maximum absolute atomic E-state index is 12.1. The molecule has 0 spiro atoms. The van der Waals surface area contributed by atoms with Crippen LogP contribution in [0.25, 0.3) is 0 Å². The van der Waals surface area contributed by atoms with Crippen molar-refractivity contribution in [1.82, 2.24) is 0 Å². The summed E-state index contributed by atoms with van der Waals surface area (Å²) in [6.45, 7) is 0.455. The summed E-state index contributed by atoms with van der Waals surface area (Å²) in [4.78, 5) is 24.1. The number of hydrogen-bond donors (Lipinski definition) is 2. The molecule has 0 aliphatic rings. The maximum atomic E-state index is 12.1. The van der Waals surface area contributed by atoms with Crippen LogP contribution in [0.5, 0.6) is 11.5 Å². The molecule has 6 heteroatoms. The number of rotatable bonds is 6. The molecule has 3 aromatic rings. The molecule has 3 rings (SSSR count). The molecule has 0 aliphatic heterocycles. The molecule has 2 amide bonds. The van der Waals surface area contributed by atoms with Gasteiger partial charge in [-0.1, -0.05) is 30.3 Å². The summed E-state index contributed by atoms with van der Waals surface area (Å²) in [6.07, 6.45) is 0. The van der Waals surface area contributed by atoms with Crippen LogP contribution in [0.3, 0.4) is 0 Å². The van der Waals surface area contributed by atoms with Crippen LogP contribution in [0.4, 0.5) is 11.4 Å². The molecule has 0 radical (unpaired) electrons. The van der Waals surface area contributed by atoms with Crippen molar-refractivity contribution in [2.24, 2.45) is 0 Å². The quantitative estimate of drug-likeness (QED) is 0.641. The van der Waals surface area contributed by atoms with Gasteiger partial charge in [-0.15, -0.1) is 0 Å². The van der Waals surface area contributed by atoms with Crippen LogP contribution in [0.2, 0.25) is 0 Å². The minimum atomic E-state index is -0.756. The summed E-state index contributed by atoms with van der Waals surface area (Å²) in [5.41, 5.74) is 2.07. The second-order valence-corrected chi connectivity index (χ2v) is 5.94. The fraction of sp³-hybridized carbons (Fsp3) is 0.0909. The van der Waals surface area contributed by atoms with Crippen molar-refractivity contribution in [1.29, 1.82) is 0 Å². The van der Waals surface area contributed by atoms with E-state index in [0.717, 1.165) is 5.56 Å². The van der Waals surface area contributed by atoms with E-state index < -0.39 is 11.8 Å². The van der Waals surface area contributed by atoms with Gasteiger partial charge in [-0.05, 0) is 54.1 Å². The Balaban J connectivity index is 1.51. The average molecular weight is 376 g/mol. The van der Waals surface area contributed by atoms with Crippen molar-refractivity contribution >= 4 is 23.2 Å². The van der Waals surface area contributed by atoms with Crippen molar-refractivity contribution in [3.63, 3.8) is 0 Å². The van der Waals surface area contributed by atoms with Gasteiger partial charge in [0, 0.05) is 11.4 Å². The lowest BCUT2D eigenvalue weighted by Crippen LogP contribution is -2.29. The molecule has 0 unspecified atom stereocenters. The first-order valence-corrected chi connectivity index (χ1v) is 8.67. The molecule has 0 atom stereocenters. The molecule has 3 aromatic carbocycles. The third-order valence-electron chi connectivity index (χ3n) is 3.91. The van der Waals surface area contributed by atoms with Gasteiger partial charge in [-0.3, -0.25) is 9.59 Å². The fourth-order valence-corrected chi connectivity index (χ4v) is 2.43. The molecule has 0 aromatic heterocycles. The Bertz CT molecular complexity index is 923. The van der Waals surface area contributed by atoms with E-state index in [0.29, 0.717) is 29.5 Å². The molecule has 142 valence electrons. The number of anilines is 2. The average Bonchev–Trinajstić information content (AvgIpc) is 2.74. The number of methoxy groups -OCH3 is 1. The largest absolute Gasteiger partial charge is 0.497 e. The number of carbonyl (C=O) groups is 2. The molecule has 0 aliphatic carbocycles. The van der Waals surface area contributed by atoms with Gasteiger partial charge in [-0.2, -0.15) is 0 Å². The Morgan fingerprint density at radius 3 is 1.71 bits per heavy atom. The van der Waals surface area contributed by atoms with Crippen LogP contribution in [0.1, 0.15) is 5.56 Å². The SMILES string of the molecule is COc1ccc(NC(=O)C(=O)Nc2ccc(OCc3ccccc3)cc2)cc1. The highest BCUT2D eigenvalue weighted by molar-refractivity contribution is 6.43. The minimum absolute atomic E-state index is 0.455. The summed E-state index contributed by atoms with van der Waals surface area (Å²) >= 11 is 0. The van der Waals surface area contributed by atoms with Crippen LogP contribution < -0.4 is 20.1 Å². The van der Waals surface area contributed by atoms with E-state index in [-0.39, 0.29) is 0 Å². The van der Waals surface area contributed by atoms with Gasteiger partial charge < -0.3 is 20.1 Å². The van der Waals surface area contributed by atoms with Crippen molar-refractivity contribution < 1.29 is 19.1 Å². The summed E-state index contributed by atoms with van der Waals surface area (Å²) in [6, 6.07) is 23.4. The van der Waals surface area contributed by atoms with Crippen LogP contribution in [0, 0.1) is 0 Å². The Hall–Kier alpha value is -3.80. The first kappa shape index (κ1) is 19.0. The maximum Gasteiger partial charge on any atom is 0.314 e. The number of benzene rings is 3. The third kappa shape index (κ3) is 5.35. The normalized spacial score (nSPS) is 10.0. The van der Waals surface area contributed by atoms with E-state index in [2.05, 4.69) is 10.6 Å². The molecule has 0 heterocycles. The molecule has 6 nitrogen and oxygen atoms in total.